The van der Waals surface area contributed by atoms with Crippen molar-refractivity contribution in [2.24, 2.45) is 7.05 Å². The Bertz CT molecular complexity index is 1630. The number of hydrogen-bond donors (Lipinski definition) is 0. The second kappa shape index (κ2) is 8.23. The predicted molar refractivity (Wildman–Crippen MR) is 138 cm³/mol. The van der Waals surface area contributed by atoms with Crippen molar-refractivity contribution in [1.82, 2.24) is 24.1 Å². The largest absolute Gasteiger partial charge is 0.478 e. The summed E-state index contributed by atoms with van der Waals surface area (Å²) in [5.41, 5.74) is 5.86. The van der Waals surface area contributed by atoms with Gasteiger partial charge in [-0.25, -0.2) is 14.8 Å². The highest BCUT2D eigenvalue weighted by Crippen LogP contribution is 2.31. The van der Waals surface area contributed by atoms with E-state index in [1.165, 1.54) is 6.42 Å². The minimum Gasteiger partial charge on any atom is -0.478 e. The van der Waals surface area contributed by atoms with Crippen LogP contribution in [0, 0.1) is 6.92 Å². The minimum atomic E-state index is -0.121. The second-order valence-corrected chi connectivity index (χ2v) is 8.83. The number of benzene rings is 1. The summed E-state index contributed by atoms with van der Waals surface area (Å²) in [6.07, 6.45) is 4.77. The topological polar surface area (TPSA) is 78.1 Å². The highest BCUT2D eigenvalue weighted by molar-refractivity contribution is 6.04. The fourth-order valence-electron chi connectivity index (χ4n) is 4.68. The number of pyridine rings is 3. The minimum absolute atomic E-state index is 0.121. The number of imidazole rings is 1. The van der Waals surface area contributed by atoms with E-state index in [2.05, 4.69) is 20.9 Å². The molecule has 8 heteroatoms. The molecule has 35 heavy (non-hydrogen) atoms. The SMILES string of the molecule is CCOc1ccc(-c2ccc3ncc4c(c3c2)n(-c2ccc(N3CCC3)nc2C)c(=O)n4C)cn1. The summed E-state index contributed by atoms with van der Waals surface area (Å²) in [5.74, 6) is 1.56. The van der Waals surface area contributed by atoms with E-state index in [0.29, 0.717) is 12.5 Å². The van der Waals surface area contributed by atoms with Crippen molar-refractivity contribution >= 4 is 27.8 Å². The highest BCUT2D eigenvalue weighted by Gasteiger charge is 2.21. The molecular weight excluding hydrogens is 440 g/mol. The van der Waals surface area contributed by atoms with Gasteiger partial charge in [0.25, 0.3) is 0 Å². The Morgan fingerprint density at radius 2 is 1.83 bits per heavy atom. The summed E-state index contributed by atoms with van der Waals surface area (Å²) in [5, 5.41) is 0.901. The van der Waals surface area contributed by atoms with Gasteiger partial charge in [0.1, 0.15) is 5.82 Å². The van der Waals surface area contributed by atoms with Crippen molar-refractivity contribution in [3.8, 4) is 22.7 Å². The van der Waals surface area contributed by atoms with Gasteiger partial charge in [-0.3, -0.25) is 14.1 Å². The third-order valence-electron chi connectivity index (χ3n) is 6.71. The average molecular weight is 467 g/mol. The third-order valence-corrected chi connectivity index (χ3v) is 6.71. The first-order valence-electron chi connectivity index (χ1n) is 11.9. The van der Waals surface area contributed by atoms with Gasteiger partial charge in [-0.2, -0.15) is 0 Å². The van der Waals surface area contributed by atoms with Crippen LogP contribution in [0.1, 0.15) is 19.0 Å². The van der Waals surface area contributed by atoms with Crippen molar-refractivity contribution in [2.75, 3.05) is 24.6 Å². The van der Waals surface area contributed by atoms with E-state index < -0.39 is 0 Å². The van der Waals surface area contributed by atoms with Crippen LogP contribution in [0.25, 0.3) is 38.8 Å². The number of ether oxygens (including phenoxy) is 1. The molecule has 0 amide bonds. The first-order valence-corrected chi connectivity index (χ1v) is 11.9. The lowest BCUT2D eigenvalue weighted by Crippen LogP contribution is -2.37. The molecule has 0 N–H and O–H groups in total. The Labute approximate surface area is 202 Å². The monoisotopic (exact) mass is 466 g/mol. The lowest BCUT2D eigenvalue weighted by atomic mass is 10.0. The molecule has 0 unspecified atom stereocenters. The van der Waals surface area contributed by atoms with E-state index in [9.17, 15) is 4.79 Å². The van der Waals surface area contributed by atoms with Crippen LogP contribution in [0.4, 0.5) is 5.82 Å². The molecule has 1 aliphatic rings. The van der Waals surface area contributed by atoms with Crippen LogP contribution in [-0.2, 0) is 7.05 Å². The van der Waals surface area contributed by atoms with Gasteiger partial charge in [-0.1, -0.05) is 6.07 Å². The molecule has 1 fully saturated rings. The number of hydrogen-bond acceptors (Lipinski definition) is 6. The van der Waals surface area contributed by atoms with E-state index >= 15 is 0 Å². The van der Waals surface area contributed by atoms with Gasteiger partial charge in [-0.05, 0) is 56.2 Å². The third kappa shape index (κ3) is 3.44. The van der Waals surface area contributed by atoms with E-state index in [-0.39, 0.29) is 5.69 Å². The van der Waals surface area contributed by atoms with E-state index in [0.717, 1.165) is 63.4 Å². The molecule has 0 atom stereocenters. The maximum Gasteiger partial charge on any atom is 0.333 e. The number of fused-ring (bicyclic) bond motifs is 3. The molecule has 0 saturated carbocycles. The normalized spacial score (nSPS) is 13.4. The van der Waals surface area contributed by atoms with Crippen LogP contribution in [-0.4, -0.2) is 43.8 Å². The fraction of sp³-hybridized carbons (Fsp3) is 0.259. The van der Waals surface area contributed by atoms with Crippen molar-refractivity contribution in [2.45, 2.75) is 20.3 Å². The van der Waals surface area contributed by atoms with Gasteiger partial charge in [0, 0.05) is 43.4 Å². The molecule has 6 rings (SSSR count). The first kappa shape index (κ1) is 21.3. The van der Waals surface area contributed by atoms with Crippen molar-refractivity contribution < 1.29 is 4.74 Å². The zero-order valence-electron chi connectivity index (χ0n) is 20.0. The molecule has 1 aliphatic heterocycles. The van der Waals surface area contributed by atoms with E-state index in [4.69, 9.17) is 9.72 Å². The first-order chi connectivity index (χ1) is 17.0. The lowest BCUT2D eigenvalue weighted by Gasteiger charge is -2.32. The van der Waals surface area contributed by atoms with Crippen molar-refractivity contribution in [1.29, 1.82) is 0 Å². The second-order valence-electron chi connectivity index (χ2n) is 8.83. The smallest absolute Gasteiger partial charge is 0.333 e. The number of rotatable bonds is 5. The van der Waals surface area contributed by atoms with E-state index in [1.807, 2.05) is 50.2 Å². The van der Waals surface area contributed by atoms with Crippen molar-refractivity contribution in [3.05, 3.63) is 71.0 Å². The molecule has 1 aromatic carbocycles. The molecule has 0 bridgehead atoms. The number of anilines is 1. The van der Waals surface area contributed by atoms with Crippen LogP contribution in [0.15, 0.2) is 59.7 Å². The van der Waals surface area contributed by atoms with Crippen LogP contribution >= 0.6 is 0 Å². The Balaban J connectivity index is 1.55. The van der Waals surface area contributed by atoms with Crippen LogP contribution < -0.4 is 15.3 Å². The van der Waals surface area contributed by atoms with Gasteiger partial charge < -0.3 is 9.64 Å². The van der Waals surface area contributed by atoms with Gasteiger partial charge in [0.15, 0.2) is 0 Å². The summed E-state index contributed by atoms with van der Waals surface area (Å²) in [7, 11) is 1.78. The molecule has 5 aromatic rings. The Hall–Kier alpha value is -4.20. The molecule has 176 valence electrons. The standard InChI is InChI=1S/C27H26N6O2/c1-4-35-25-11-7-19(15-29-25)18-6-8-21-20(14-18)26-23(16-28-21)31(3)27(34)33(26)22-9-10-24(30-17(22)2)32-12-5-13-32/h6-11,14-16H,4-5,12-13H2,1-3H3. The lowest BCUT2D eigenvalue weighted by molar-refractivity contribution is 0.327. The summed E-state index contributed by atoms with van der Waals surface area (Å²) in [6.45, 7) is 6.53. The summed E-state index contributed by atoms with van der Waals surface area (Å²) in [4.78, 5) is 29.6. The van der Waals surface area contributed by atoms with Gasteiger partial charge >= 0.3 is 5.69 Å². The molecule has 0 aliphatic carbocycles. The Morgan fingerprint density at radius 1 is 1.00 bits per heavy atom. The van der Waals surface area contributed by atoms with E-state index in [1.54, 1.807) is 28.6 Å². The summed E-state index contributed by atoms with van der Waals surface area (Å²) in [6, 6.07) is 14.0. The molecule has 0 radical (unpaired) electrons. The predicted octanol–water partition coefficient (Wildman–Crippen LogP) is 4.25. The molecular formula is C27H26N6O2. The molecule has 1 saturated heterocycles. The number of nitrogens with zero attached hydrogens (tertiary/aromatic N) is 6. The zero-order chi connectivity index (χ0) is 24.1. The number of aromatic nitrogens is 5. The molecule has 4 aromatic heterocycles. The van der Waals surface area contributed by atoms with Gasteiger partial charge in [0.2, 0.25) is 5.88 Å². The fourth-order valence-corrected chi connectivity index (χ4v) is 4.68. The van der Waals surface area contributed by atoms with Crippen LogP contribution in [0.2, 0.25) is 0 Å². The van der Waals surface area contributed by atoms with Gasteiger partial charge in [0.05, 0.1) is 40.7 Å². The highest BCUT2D eigenvalue weighted by atomic mass is 16.5. The molecule has 5 heterocycles. The Kier molecular flexibility index (Phi) is 5.02. The van der Waals surface area contributed by atoms with Crippen molar-refractivity contribution in [3.63, 3.8) is 0 Å². The molecule has 8 nitrogen and oxygen atoms in total. The Morgan fingerprint density at radius 3 is 2.51 bits per heavy atom. The quantitative estimate of drug-likeness (QED) is 0.385. The van der Waals surface area contributed by atoms with Crippen LogP contribution in [0.3, 0.4) is 0 Å². The maximum atomic E-state index is 13.5. The summed E-state index contributed by atoms with van der Waals surface area (Å²) >= 11 is 0. The number of aryl methyl sites for hydroxylation is 2. The van der Waals surface area contributed by atoms with Crippen LogP contribution in [0.5, 0.6) is 5.88 Å². The molecule has 0 spiro atoms. The zero-order valence-corrected chi connectivity index (χ0v) is 20.0. The average Bonchev–Trinajstić information content (AvgIpc) is 3.09. The van der Waals surface area contributed by atoms with Gasteiger partial charge in [-0.15, -0.1) is 0 Å². The summed E-state index contributed by atoms with van der Waals surface area (Å²) < 4.78 is 8.89. The maximum absolute atomic E-state index is 13.5.